The summed E-state index contributed by atoms with van der Waals surface area (Å²) in [5.41, 5.74) is 3.62. The van der Waals surface area contributed by atoms with E-state index < -0.39 is 0 Å². The van der Waals surface area contributed by atoms with Crippen LogP contribution in [0, 0.1) is 25.7 Å². The van der Waals surface area contributed by atoms with E-state index in [4.69, 9.17) is 4.99 Å². The zero-order chi connectivity index (χ0) is 19.7. The van der Waals surface area contributed by atoms with Crippen molar-refractivity contribution in [2.45, 2.75) is 66.8 Å². The Morgan fingerprint density at radius 3 is 2.41 bits per heavy atom. The Morgan fingerprint density at radius 2 is 1.93 bits per heavy atom. The average molecular weight is 493 g/mol. The number of guanidine groups is 1. The van der Waals surface area contributed by atoms with Crippen LogP contribution in [-0.2, 0) is 13.5 Å². The van der Waals surface area contributed by atoms with Gasteiger partial charge in [-0.3, -0.25) is 9.67 Å². The molecule has 7 heteroatoms. The molecule has 0 bridgehead atoms. The summed E-state index contributed by atoms with van der Waals surface area (Å²) < 4.78 is 1.95. The van der Waals surface area contributed by atoms with Gasteiger partial charge in [0.05, 0.1) is 5.69 Å². The third-order valence-electron chi connectivity index (χ3n) is 4.75. The molecule has 0 aliphatic heterocycles. The number of aliphatic hydroxyl groups excluding tert-OH is 1. The second-order valence-corrected chi connectivity index (χ2v) is 7.75. The Hall–Kier alpha value is -0.830. The van der Waals surface area contributed by atoms with E-state index in [1.165, 1.54) is 11.3 Å². The van der Waals surface area contributed by atoms with Crippen molar-refractivity contribution < 1.29 is 5.11 Å². The van der Waals surface area contributed by atoms with Crippen molar-refractivity contribution in [3.8, 4) is 0 Å². The zero-order valence-electron chi connectivity index (χ0n) is 18.2. The molecule has 2 atom stereocenters. The Kier molecular flexibility index (Phi) is 13.0. The third-order valence-corrected chi connectivity index (χ3v) is 4.75. The molecule has 1 aromatic heterocycles. The SMILES string of the molecule is CCNC(=NCC(CCO)CC(C)C)NC(C)Cc1c(C)nn(C)c1C.I. The van der Waals surface area contributed by atoms with Crippen LogP contribution in [0.3, 0.4) is 0 Å². The van der Waals surface area contributed by atoms with Crippen molar-refractivity contribution in [1.82, 2.24) is 20.4 Å². The molecule has 1 heterocycles. The first-order valence-corrected chi connectivity index (χ1v) is 9.93. The topological polar surface area (TPSA) is 74.5 Å². The van der Waals surface area contributed by atoms with Gasteiger partial charge in [-0.05, 0) is 64.4 Å². The first-order valence-electron chi connectivity index (χ1n) is 9.93. The summed E-state index contributed by atoms with van der Waals surface area (Å²) >= 11 is 0. The van der Waals surface area contributed by atoms with Crippen molar-refractivity contribution in [3.05, 3.63) is 17.0 Å². The molecule has 1 aromatic rings. The largest absolute Gasteiger partial charge is 0.396 e. The van der Waals surface area contributed by atoms with Gasteiger partial charge in [0, 0.05) is 38.5 Å². The molecule has 3 N–H and O–H groups in total. The van der Waals surface area contributed by atoms with Gasteiger partial charge in [-0.15, -0.1) is 24.0 Å². The molecule has 1 rings (SSSR count). The number of aromatic nitrogens is 2. The standard InChI is InChI=1S/C20H39N5O.HI/c1-8-21-20(22-13-18(9-10-26)11-14(2)3)23-15(4)12-19-16(5)24-25(7)17(19)6;/h14-15,18,26H,8-13H2,1-7H3,(H2,21,22,23);1H. The summed E-state index contributed by atoms with van der Waals surface area (Å²) in [6, 6.07) is 0.260. The number of nitrogens with zero attached hydrogens (tertiary/aromatic N) is 3. The van der Waals surface area contributed by atoms with Gasteiger partial charge in [0.25, 0.3) is 0 Å². The van der Waals surface area contributed by atoms with E-state index in [1.54, 1.807) is 0 Å². The van der Waals surface area contributed by atoms with E-state index in [9.17, 15) is 5.11 Å². The number of hydrogen-bond donors (Lipinski definition) is 3. The van der Waals surface area contributed by atoms with E-state index in [-0.39, 0.29) is 36.6 Å². The molecular weight excluding hydrogens is 453 g/mol. The minimum absolute atomic E-state index is 0. The maximum atomic E-state index is 9.29. The molecular formula is C20H40IN5O. The van der Waals surface area contributed by atoms with Crippen LogP contribution in [0.25, 0.3) is 0 Å². The number of halogens is 1. The van der Waals surface area contributed by atoms with Gasteiger partial charge in [-0.25, -0.2) is 0 Å². The quantitative estimate of drug-likeness (QED) is 0.266. The van der Waals surface area contributed by atoms with Crippen molar-refractivity contribution in [2.75, 3.05) is 19.7 Å². The summed E-state index contributed by atoms with van der Waals surface area (Å²) in [6.45, 7) is 14.7. The summed E-state index contributed by atoms with van der Waals surface area (Å²) in [6.07, 6.45) is 2.82. The number of hydrogen-bond acceptors (Lipinski definition) is 3. The fourth-order valence-electron chi connectivity index (χ4n) is 3.38. The summed E-state index contributed by atoms with van der Waals surface area (Å²) in [5, 5.41) is 20.7. The number of nitrogens with one attached hydrogen (secondary N) is 2. The van der Waals surface area contributed by atoms with Crippen molar-refractivity contribution in [2.24, 2.45) is 23.9 Å². The van der Waals surface area contributed by atoms with Gasteiger partial charge in [0.15, 0.2) is 5.96 Å². The molecule has 0 saturated heterocycles. The molecule has 2 unspecified atom stereocenters. The molecule has 0 fully saturated rings. The normalized spacial score (nSPS) is 14.0. The smallest absolute Gasteiger partial charge is 0.191 e. The lowest BCUT2D eigenvalue weighted by Crippen LogP contribution is -2.43. The van der Waals surface area contributed by atoms with Crippen LogP contribution in [0.2, 0.25) is 0 Å². The van der Waals surface area contributed by atoms with Crippen LogP contribution in [0.5, 0.6) is 0 Å². The van der Waals surface area contributed by atoms with Crippen LogP contribution in [0.4, 0.5) is 0 Å². The maximum Gasteiger partial charge on any atom is 0.191 e. The Morgan fingerprint density at radius 1 is 1.26 bits per heavy atom. The average Bonchev–Trinajstić information content (AvgIpc) is 2.78. The van der Waals surface area contributed by atoms with E-state index in [1.807, 2.05) is 11.7 Å². The highest BCUT2D eigenvalue weighted by Crippen LogP contribution is 2.16. The van der Waals surface area contributed by atoms with Crippen molar-refractivity contribution in [1.29, 1.82) is 0 Å². The van der Waals surface area contributed by atoms with Gasteiger partial charge in [0.2, 0.25) is 0 Å². The Labute approximate surface area is 182 Å². The molecule has 158 valence electrons. The van der Waals surface area contributed by atoms with Gasteiger partial charge in [-0.2, -0.15) is 5.10 Å². The predicted octanol–water partition coefficient (Wildman–Crippen LogP) is 3.19. The number of aliphatic imine (C=N–C) groups is 1. The lowest BCUT2D eigenvalue weighted by Gasteiger charge is -2.20. The van der Waals surface area contributed by atoms with Crippen LogP contribution in [0.1, 0.15) is 57.5 Å². The first kappa shape index (κ1) is 26.2. The lowest BCUT2D eigenvalue weighted by atomic mass is 9.94. The van der Waals surface area contributed by atoms with Crippen LogP contribution < -0.4 is 10.6 Å². The van der Waals surface area contributed by atoms with Gasteiger partial charge < -0.3 is 15.7 Å². The van der Waals surface area contributed by atoms with Gasteiger partial charge in [0.1, 0.15) is 0 Å². The number of aliphatic hydroxyl groups is 1. The van der Waals surface area contributed by atoms with Crippen molar-refractivity contribution >= 4 is 29.9 Å². The third kappa shape index (κ3) is 9.27. The molecule has 0 saturated carbocycles. The molecule has 0 spiro atoms. The molecule has 0 amide bonds. The van der Waals surface area contributed by atoms with Crippen LogP contribution >= 0.6 is 24.0 Å². The summed E-state index contributed by atoms with van der Waals surface area (Å²) in [4.78, 5) is 4.78. The van der Waals surface area contributed by atoms with E-state index >= 15 is 0 Å². The molecule has 0 aliphatic carbocycles. The highest BCUT2D eigenvalue weighted by atomic mass is 127. The van der Waals surface area contributed by atoms with E-state index in [0.29, 0.717) is 11.8 Å². The minimum Gasteiger partial charge on any atom is -0.396 e. The monoisotopic (exact) mass is 493 g/mol. The number of aryl methyl sites for hydroxylation is 2. The fraction of sp³-hybridized carbons (Fsp3) is 0.800. The molecule has 0 aromatic carbocycles. The Balaban J connectivity index is 0.00000676. The highest BCUT2D eigenvalue weighted by molar-refractivity contribution is 14.0. The first-order chi connectivity index (χ1) is 12.3. The molecule has 6 nitrogen and oxygen atoms in total. The maximum absolute atomic E-state index is 9.29. The number of rotatable bonds is 10. The highest BCUT2D eigenvalue weighted by Gasteiger charge is 2.15. The van der Waals surface area contributed by atoms with Gasteiger partial charge in [-0.1, -0.05) is 13.8 Å². The van der Waals surface area contributed by atoms with E-state index in [0.717, 1.165) is 44.0 Å². The van der Waals surface area contributed by atoms with Crippen LogP contribution in [0.15, 0.2) is 4.99 Å². The van der Waals surface area contributed by atoms with Gasteiger partial charge >= 0.3 is 0 Å². The molecule has 27 heavy (non-hydrogen) atoms. The predicted molar refractivity (Wildman–Crippen MR) is 125 cm³/mol. The van der Waals surface area contributed by atoms with Crippen molar-refractivity contribution in [3.63, 3.8) is 0 Å². The Bertz CT molecular complexity index is 571. The molecule has 0 aliphatic rings. The molecule has 0 radical (unpaired) electrons. The zero-order valence-corrected chi connectivity index (χ0v) is 20.5. The minimum atomic E-state index is 0. The lowest BCUT2D eigenvalue weighted by molar-refractivity contribution is 0.245. The van der Waals surface area contributed by atoms with Crippen LogP contribution in [-0.4, -0.2) is 46.6 Å². The second kappa shape index (κ2) is 13.4. The second-order valence-electron chi connectivity index (χ2n) is 7.75. The fourth-order valence-corrected chi connectivity index (χ4v) is 3.38. The summed E-state index contributed by atoms with van der Waals surface area (Å²) in [5.74, 6) is 1.90. The van der Waals surface area contributed by atoms with E-state index in [2.05, 4.69) is 57.3 Å². The summed E-state index contributed by atoms with van der Waals surface area (Å²) in [7, 11) is 1.99.